The first kappa shape index (κ1) is 18.4. The topological polar surface area (TPSA) is 89.1 Å². The van der Waals surface area contributed by atoms with Gasteiger partial charge >= 0.3 is 0 Å². The molecule has 0 spiro atoms. The molecular formula is C20H24N6O2. The summed E-state index contributed by atoms with van der Waals surface area (Å²) in [5, 5.41) is 15.2. The molecular weight excluding hydrogens is 356 g/mol. The third kappa shape index (κ3) is 4.83. The highest BCUT2D eigenvalue weighted by Crippen LogP contribution is 2.14. The van der Waals surface area contributed by atoms with Gasteiger partial charge in [-0.1, -0.05) is 30.3 Å². The van der Waals surface area contributed by atoms with Gasteiger partial charge in [0.1, 0.15) is 12.3 Å². The Morgan fingerprint density at radius 3 is 2.68 bits per heavy atom. The lowest BCUT2D eigenvalue weighted by Crippen LogP contribution is -2.45. The molecule has 3 heterocycles. The van der Waals surface area contributed by atoms with E-state index in [0.29, 0.717) is 19.5 Å². The van der Waals surface area contributed by atoms with Gasteiger partial charge in [0, 0.05) is 19.1 Å². The second-order valence-electron chi connectivity index (χ2n) is 7.11. The van der Waals surface area contributed by atoms with Crippen LogP contribution >= 0.6 is 0 Å². The predicted octanol–water partition coefficient (Wildman–Crippen LogP) is 1.64. The number of carbonyl (C=O) groups is 1. The van der Waals surface area contributed by atoms with Crippen molar-refractivity contribution in [2.45, 2.75) is 38.4 Å². The molecule has 0 aliphatic carbocycles. The van der Waals surface area contributed by atoms with Crippen molar-refractivity contribution in [3.05, 3.63) is 65.9 Å². The van der Waals surface area contributed by atoms with Gasteiger partial charge in [-0.05, 0) is 41.0 Å². The van der Waals surface area contributed by atoms with Crippen molar-refractivity contribution < 1.29 is 9.21 Å². The van der Waals surface area contributed by atoms with Crippen molar-refractivity contribution in [3.63, 3.8) is 0 Å². The van der Waals surface area contributed by atoms with Crippen LogP contribution in [0.1, 0.15) is 30.0 Å². The lowest BCUT2D eigenvalue weighted by Gasteiger charge is -2.31. The minimum Gasteiger partial charge on any atom is -0.467 e. The number of benzene rings is 1. The fraction of sp³-hybridized carbons (Fsp3) is 0.400. The van der Waals surface area contributed by atoms with Crippen molar-refractivity contribution in [1.82, 2.24) is 30.4 Å². The zero-order valence-corrected chi connectivity index (χ0v) is 15.7. The smallest absolute Gasteiger partial charge is 0.224 e. The average Bonchev–Trinajstić information content (AvgIpc) is 3.37. The van der Waals surface area contributed by atoms with E-state index < -0.39 is 0 Å². The number of carbonyl (C=O) groups excluding carboxylic acids is 1. The highest BCUT2D eigenvalue weighted by Gasteiger charge is 2.22. The number of aromatic nitrogens is 4. The Kier molecular flexibility index (Phi) is 5.77. The van der Waals surface area contributed by atoms with Crippen molar-refractivity contribution in [1.29, 1.82) is 0 Å². The second kappa shape index (κ2) is 8.79. The van der Waals surface area contributed by atoms with Gasteiger partial charge in [0.05, 0.1) is 19.2 Å². The third-order valence-electron chi connectivity index (χ3n) is 5.02. The molecule has 0 saturated carbocycles. The number of tetrazole rings is 1. The van der Waals surface area contributed by atoms with Gasteiger partial charge in [-0.3, -0.25) is 9.69 Å². The maximum absolute atomic E-state index is 12.3. The molecule has 0 unspecified atom stereocenters. The molecule has 3 aromatic rings. The molecule has 0 radical (unpaired) electrons. The number of amides is 1. The lowest BCUT2D eigenvalue weighted by molar-refractivity contribution is -0.121. The first-order valence-electron chi connectivity index (χ1n) is 9.59. The van der Waals surface area contributed by atoms with Gasteiger partial charge in [-0.2, -0.15) is 0 Å². The highest BCUT2D eigenvalue weighted by molar-refractivity contribution is 5.78. The van der Waals surface area contributed by atoms with Crippen LogP contribution < -0.4 is 5.32 Å². The number of likely N-dealkylation sites (tertiary alicyclic amines) is 1. The number of furan rings is 1. The van der Waals surface area contributed by atoms with E-state index in [2.05, 4.69) is 25.7 Å². The third-order valence-corrected chi connectivity index (χ3v) is 5.02. The normalized spacial score (nSPS) is 15.6. The molecule has 28 heavy (non-hydrogen) atoms. The largest absolute Gasteiger partial charge is 0.467 e. The Hall–Kier alpha value is -3.00. The summed E-state index contributed by atoms with van der Waals surface area (Å²) in [5.41, 5.74) is 1.04. The maximum Gasteiger partial charge on any atom is 0.224 e. The van der Waals surface area contributed by atoms with Gasteiger partial charge in [0.25, 0.3) is 0 Å². The van der Waals surface area contributed by atoms with Crippen LogP contribution in [0.15, 0.2) is 53.1 Å². The molecule has 8 nitrogen and oxygen atoms in total. The van der Waals surface area contributed by atoms with Crippen LogP contribution in [0.4, 0.5) is 0 Å². The van der Waals surface area contributed by atoms with Crippen LogP contribution in [0, 0.1) is 0 Å². The SMILES string of the molecule is O=C(Cc1ccccc1)NC1CCN(Cc2nnnn2Cc2ccco2)CC1. The minimum absolute atomic E-state index is 0.0899. The first-order chi connectivity index (χ1) is 13.8. The van der Waals surface area contributed by atoms with Crippen LogP contribution in [0.3, 0.4) is 0 Å². The fourth-order valence-electron chi connectivity index (χ4n) is 3.50. The Morgan fingerprint density at radius 2 is 1.93 bits per heavy atom. The minimum atomic E-state index is 0.0899. The summed E-state index contributed by atoms with van der Waals surface area (Å²) in [6, 6.07) is 13.8. The number of nitrogens with one attached hydrogen (secondary N) is 1. The number of rotatable bonds is 7. The van der Waals surface area contributed by atoms with Crippen molar-refractivity contribution >= 4 is 5.91 Å². The summed E-state index contributed by atoms with van der Waals surface area (Å²) in [6.07, 6.45) is 3.94. The van der Waals surface area contributed by atoms with Crippen LogP contribution in [-0.2, 0) is 24.3 Å². The van der Waals surface area contributed by atoms with Crippen LogP contribution in [0.2, 0.25) is 0 Å². The van der Waals surface area contributed by atoms with Gasteiger partial charge in [-0.15, -0.1) is 5.10 Å². The van der Waals surface area contributed by atoms with Gasteiger partial charge in [-0.25, -0.2) is 4.68 Å². The molecule has 1 amide bonds. The van der Waals surface area contributed by atoms with Gasteiger partial charge in [0.15, 0.2) is 5.82 Å². The molecule has 8 heteroatoms. The number of nitrogens with zero attached hydrogens (tertiary/aromatic N) is 5. The van der Waals surface area contributed by atoms with Crippen molar-refractivity contribution in [3.8, 4) is 0 Å². The fourth-order valence-corrected chi connectivity index (χ4v) is 3.50. The standard InChI is InChI=1S/C20H24N6O2/c27-20(13-16-5-2-1-3-6-16)21-17-8-10-25(11-9-17)15-19-22-23-24-26(19)14-18-7-4-12-28-18/h1-7,12,17H,8-11,13-15H2,(H,21,27). The molecule has 1 aromatic carbocycles. The Balaban J connectivity index is 1.24. The lowest BCUT2D eigenvalue weighted by atomic mass is 10.0. The molecule has 0 bridgehead atoms. The van der Waals surface area contributed by atoms with E-state index in [9.17, 15) is 4.79 Å². The molecule has 1 saturated heterocycles. The van der Waals surface area contributed by atoms with Crippen molar-refractivity contribution in [2.75, 3.05) is 13.1 Å². The predicted molar refractivity (Wildman–Crippen MR) is 102 cm³/mol. The summed E-state index contributed by atoms with van der Waals surface area (Å²) >= 11 is 0. The second-order valence-corrected chi connectivity index (χ2v) is 7.11. The summed E-state index contributed by atoms with van der Waals surface area (Å²) < 4.78 is 7.15. The maximum atomic E-state index is 12.3. The summed E-state index contributed by atoms with van der Waals surface area (Å²) in [6.45, 7) is 3.04. The van der Waals surface area contributed by atoms with Gasteiger partial charge in [0.2, 0.25) is 5.91 Å². The molecule has 2 aromatic heterocycles. The Bertz CT molecular complexity index is 869. The van der Waals surface area contributed by atoms with E-state index in [4.69, 9.17) is 4.42 Å². The number of hydrogen-bond donors (Lipinski definition) is 1. The number of hydrogen-bond acceptors (Lipinski definition) is 6. The molecule has 1 N–H and O–H groups in total. The molecule has 1 aliphatic rings. The molecule has 1 fully saturated rings. The summed E-state index contributed by atoms with van der Waals surface area (Å²) in [7, 11) is 0. The van der Waals surface area contributed by atoms with Crippen LogP contribution in [0.5, 0.6) is 0 Å². The molecule has 4 rings (SSSR count). The van der Waals surface area contributed by atoms with E-state index in [1.807, 2.05) is 42.5 Å². The molecule has 1 aliphatic heterocycles. The number of piperidine rings is 1. The molecule has 0 atom stereocenters. The summed E-state index contributed by atoms with van der Waals surface area (Å²) in [5.74, 6) is 1.74. The average molecular weight is 380 g/mol. The van der Waals surface area contributed by atoms with E-state index >= 15 is 0 Å². The zero-order valence-electron chi connectivity index (χ0n) is 15.7. The zero-order chi connectivity index (χ0) is 19.2. The summed E-state index contributed by atoms with van der Waals surface area (Å²) in [4.78, 5) is 14.6. The van der Waals surface area contributed by atoms with Gasteiger partial charge < -0.3 is 9.73 Å². The van der Waals surface area contributed by atoms with E-state index in [-0.39, 0.29) is 11.9 Å². The van der Waals surface area contributed by atoms with Crippen molar-refractivity contribution in [2.24, 2.45) is 0 Å². The van der Waals surface area contributed by atoms with Crippen LogP contribution in [0.25, 0.3) is 0 Å². The monoisotopic (exact) mass is 380 g/mol. The Labute approximate surface area is 163 Å². The van der Waals surface area contributed by atoms with E-state index in [1.54, 1.807) is 10.9 Å². The van der Waals surface area contributed by atoms with Crippen LogP contribution in [-0.4, -0.2) is 50.1 Å². The highest BCUT2D eigenvalue weighted by atomic mass is 16.3. The first-order valence-corrected chi connectivity index (χ1v) is 9.59. The van der Waals surface area contributed by atoms with E-state index in [0.717, 1.165) is 43.1 Å². The molecule has 146 valence electrons. The van der Waals surface area contributed by atoms with E-state index in [1.165, 1.54) is 0 Å². The Morgan fingerprint density at radius 1 is 1.11 bits per heavy atom. The quantitative estimate of drug-likeness (QED) is 0.670.